The molecule has 3 rings (SSSR count). The van der Waals surface area contributed by atoms with E-state index >= 15 is 0 Å². The number of carbonyl (C=O) groups excluding carboxylic acids is 1. The summed E-state index contributed by atoms with van der Waals surface area (Å²) in [6.07, 6.45) is 2.94. The van der Waals surface area contributed by atoms with Gasteiger partial charge in [0.2, 0.25) is 11.2 Å². The molecule has 0 unspecified atom stereocenters. The lowest BCUT2D eigenvalue weighted by molar-refractivity contribution is -0.140. The summed E-state index contributed by atoms with van der Waals surface area (Å²) < 4.78 is 25.1. The summed E-state index contributed by atoms with van der Waals surface area (Å²) in [6, 6.07) is 5.32. The summed E-state index contributed by atoms with van der Waals surface area (Å²) in [4.78, 5) is 26.5. The Morgan fingerprint density at radius 1 is 1.34 bits per heavy atom. The largest absolute Gasteiger partial charge is 0.502 e. The van der Waals surface area contributed by atoms with Gasteiger partial charge in [-0.15, -0.1) is 0 Å². The first-order valence-electron chi connectivity index (χ1n) is 9.49. The molecule has 1 aliphatic rings. The van der Waals surface area contributed by atoms with Crippen LogP contribution in [0, 0.1) is 5.82 Å². The second-order valence-corrected chi connectivity index (χ2v) is 7.50. The molecule has 1 fully saturated rings. The number of halogens is 2. The minimum absolute atomic E-state index is 0.0341. The van der Waals surface area contributed by atoms with Gasteiger partial charge in [0.25, 0.3) is 0 Å². The number of methoxy groups -OCH3 is 1. The van der Waals surface area contributed by atoms with Crippen LogP contribution < -0.4 is 5.43 Å². The number of rotatable bonds is 6. The molecule has 1 atom stereocenters. The van der Waals surface area contributed by atoms with Crippen LogP contribution in [0.15, 0.2) is 33.5 Å². The first-order chi connectivity index (χ1) is 13.9. The fourth-order valence-electron chi connectivity index (χ4n) is 3.63. The quantitative estimate of drug-likeness (QED) is 0.711. The summed E-state index contributed by atoms with van der Waals surface area (Å²) in [5.41, 5.74) is -0.686. The number of nitrogens with zero attached hydrogens (tertiary/aromatic N) is 1. The van der Waals surface area contributed by atoms with Gasteiger partial charge in [-0.1, -0.05) is 24.1 Å². The normalized spacial score (nSPS) is 15.8. The van der Waals surface area contributed by atoms with Gasteiger partial charge in [-0.25, -0.2) is 4.39 Å². The standard InChI is InChI=1S/C21H23ClFNO5/c1-28-18(26)11-14(19-15(22)6-5-7-16(19)23)21-20(27)17(25)10-13(29-21)12-24-8-3-2-4-9-24/h5-7,10,14,27H,2-4,8-9,11-12H2,1H3/t14-/m0/s1. The lowest BCUT2D eigenvalue weighted by Gasteiger charge is -2.26. The molecular formula is C21H23ClFNO5. The third-order valence-electron chi connectivity index (χ3n) is 5.09. The van der Waals surface area contributed by atoms with Crippen LogP contribution in [0.4, 0.5) is 4.39 Å². The van der Waals surface area contributed by atoms with Crippen LogP contribution in [-0.2, 0) is 16.1 Å². The van der Waals surface area contributed by atoms with E-state index in [0.29, 0.717) is 12.3 Å². The van der Waals surface area contributed by atoms with Crippen molar-refractivity contribution in [2.45, 2.75) is 38.1 Å². The zero-order valence-corrected chi connectivity index (χ0v) is 16.9. The molecular weight excluding hydrogens is 401 g/mol. The van der Waals surface area contributed by atoms with Crippen LogP contribution in [0.25, 0.3) is 0 Å². The Bertz CT molecular complexity index is 919. The maximum Gasteiger partial charge on any atom is 0.306 e. The fraction of sp³-hybridized carbons (Fsp3) is 0.429. The molecule has 8 heteroatoms. The highest BCUT2D eigenvalue weighted by Gasteiger charge is 2.30. The molecule has 1 aromatic heterocycles. The Morgan fingerprint density at radius 3 is 2.72 bits per heavy atom. The topological polar surface area (TPSA) is 80.0 Å². The summed E-state index contributed by atoms with van der Waals surface area (Å²) in [7, 11) is 1.20. The van der Waals surface area contributed by atoms with Crippen molar-refractivity contribution in [1.29, 1.82) is 0 Å². The van der Waals surface area contributed by atoms with Crippen molar-refractivity contribution in [3.63, 3.8) is 0 Å². The van der Waals surface area contributed by atoms with E-state index in [0.717, 1.165) is 32.4 Å². The molecule has 0 aliphatic carbocycles. The number of esters is 1. The molecule has 1 N–H and O–H groups in total. The molecule has 1 aliphatic heterocycles. The number of carbonyl (C=O) groups is 1. The second kappa shape index (κ2) is 9.41. The zero-order valence-electron chi connectivity index (χ0n) is 16.1. The molecule has 0 spiro atoms. The number of ether oxygens (including phenoxy) is 1. The zero-order chi connectivity index (χ0) is 21.0. The van der Waals surface area contributed by atoms with E-state index in [1.165, 1.54) is 31.4 Å². The van der Waals surface area contributed by atoms with Crippen LogP contribution in [-0.4, -0.2) is 36.2 Å². The van der Waals surface area contributed by atoms with Gasteiger partial charge in [0.1, 0.15) is 11.6 Å². The first kappa shape index (κ1) is 21.3. The Hall–Kier alpha value is -2.38. The second-order valence-electron chi connectivity index (χ2n) is 7.09. The predicted octanol–water partition coefficient (Wildman–Crippen LogP) is 3.82. The average Bonchev–Trinajstić information content (AvgIpc) is 2.70. The van der Waals surface area contributed by atoms with Crippen molar-refractivity contribution in [2.24, 2.45) is 0 Å². The Kier molecular flexibility index (Phi) is 6.92. The maximum atomic E-state index is 14.6. The molecule has 156 valence electrons. The van der Waals surface area contributed by atoms with Crippen LogP contribution in [0.2, 0.25) is 5.02 Å². The number of hydrogen-bond acceptors (Lipinski definition) is 6. The van der Waals surface area contributed by atoms with E-state index < -0.39 is 28.9 Å². The van der Waals surface area contributed by atoms with Crippen molar-refractivity contribution < 1.29 is 23.4 Å². The van der Waals surface area contributed by atoms with Crippen LogP contribution >= 0.6 is 11.6 Å². The molecule has 0 radical (unpaired) electrons. The minimum atomic E-state index is -1.11. The molecule has 1 saturated heterocycles. The third kappa shape index (κ3) is 4.97. The van der Waals surface area contributed by atoms with Crippen molar-refractivity contribution in [3.05, 3.63) is 62.4 Å². The third-order valence-corrected chi connectivity index (χ3v) is 5.42. The highest BCUT2D eigenvalue weighted by molar-refractivity contribution is 6.31. The van der Waals surface area contributed by atoms with Gasteiger partial charge >= 0.3 is 5.97 Å². The average molecular weight is 424 g/mol. The highest BCUT2D eigenvalue weighted by atomic mass is 35.5. The molecule has 2 aromatic rings. The van der Waals surface area contributed by atoms with E-state index in [2.05, 4.69) is 4.90 Å². The lowest BCUT2D eigenvalue weighted by atomic mass is 9.91. The summed E-state index contributed by atoms with van der Waals surface area (Å²) in [6.45, 7) is 2.15. The van der Waals surface area contributed by atoms with Crippen molar-refractivity contribution in [1.82, 2.24) is 4.90 Å². The van der Waals surface area contributed by atoms with Gasteiger partial charge in [-0.2, -0.15) is 0 Å². The van der Waals surface area contributed by atoms with Crippen LogP contribution in [0.5, 0.6) is 5.75 Å². The van der Waals surface area contributed by atoms with Gasteiger partial charge in [-0.05, 0) is 38.1 Å². The van der Waals surface area contributed by atoms with Crippen LogP contribution in [0.3, 0.4) is 0 Å². The van der Waals surface area contributed by atoms with Gasteiger partial charge < -0.3 is 14.3 Å². The Labute approximate surface area is 172 Å². The Balaban J connectivity index is 2.06. The molecule has 0 bridgehead atoms. The number of benzene rings is 1. The van der Waals surface area contributed by atoms with Crippen molar-refractivity contribution in [2.75, 3.05) is 20.2 Å². The lowest BCUT2D eigenvalue weighted by Crippen LogP contribution is -2.29. The molecule has 0 amide bonds. The minimum Gasteiger partial charge on any atom is -0.502 e. The predicted molar refractivity (Wildman–Crippen MR) is 106 cm³/mol. The van der Waals surface area contributed by atoms with E-state index in [4.69, 9.17) is 20.8 Å². The Morgan fingerprint density at radius 2 is 2.07 bits per heavy atom. The summed E-state index contributed by atoms with van der Waals surface area (Å²) >= 11 is 6.19. The summed E-state index contributed by atoms with van der Waals surface area (Å²) in [5.74, 6) is -2.95. The van der Waals surface area contributed by atoms with Gasteiger partial charge in [0.15, 0.2) is 5.76 Å². The molecule has 6 nitrogen and oxygen atoms in total. The number of hydrogen-bond donors (Lipinski definition) is 1. The first-order valence-corrected chi connectivity index (χ1v) is 9.87. The smallest absolute Gasteiger partial charge is 0.306 e. The monoisotopic (exact) mass is 423 g/mol. The molecule has 0 saturated carbocycles. The van der Waals surface area contributed by atoms with Gasteiger partial charge in [0.05, 0.1) is 26.0 Å². The fourth-order valence-corrected chi connectivity index (χ4v) is 3.92. The highest BCUT2D eigenvalue weighted by Crippen LogP contribution is 2.38. The summed E-state index contributed by atoms with van der Waals surface area (Å²) in [5, 5.41) is 10.4. The van der Waals surface area contributed by atoms with Gasteiger partial charge in [0, 0.05) is 16.7 Å². The number of likely N-dealkylation sites (tertiary alicyclic amines) is 1. The number of aromatic hydroxyl groups is 1. The van der Waals surface area contributed by atoms with E-state index in [-0.39, 0.29) is 22.8 Å². The van der Waals surface area contributed by atoms with Gasteiger partial charge in [-0.3, -0.25) is 14.5 Å². The van der Waals surface area contributed by atoms with E-state index in [9.17, 15) is 19.1 Å². The van der Waals surface area contributed by atoms with E-state index in [1.54, 1.807) is 0 Å². The molecule has 2 heterocycles. The molecule has 1 aromatic carbocycles. The maximum absolute atomic E-state index is 14.6. The number of piperidine rings is 1. The SMILES string of the molecule is COC(=O)C[C@H](c1oc(CN2CCCCC2)cc(=O)c1O)c1c(F)cccc1Cl. The molecule has 29 heavy (non-hydrogen) atoms. The van der Waals surface area contributed by atoms with Crippen molar-refractivity contribution in [3.8, 4) is 5.75 Å². The van der Waals surface area contributed by atoms with Crippen molar-refractivity contribution >= 4 is 17.6 Å². The van der Waals surface area contributed by atoms with E-state index in [1.807, 2.05) is 0 Å². The van der Waals surface area contributed by atoms with Crippen LogP contribution in [0.1, 0.15) is 48.7 Å².